The van der Waals surface area contributed by atoms with Crippen molar-refractivity contribution in [2.45, 2.75) is 31.7 Å². The van der Waals surface area contributed by atoms with E-state index in [1.807, 2.05) is 38.2 Å². The molecule has 0 atom stereocenters. The number of sulfonamides is 1. The molecule has 0 aliphatic rings. The summed E-state index contributed by atoms with van der Waals surface area (Å²) in [6, 6.07) is 0. The highest BCUT2D eigenvalue weighted by Crippen LogP contribution is 2.26. The van der Waals surface area contributed by atoms with Gasteiger partial charge in [0.15, 0.2) is 0 Å². The molecule has 1 aromatic heterocycles. The molecule has 0 saturated carbocycles. The molecule has 5 nitrogen and oxygen atoms in total. The van der Waals surface area contributed by atoms with Gasteiger partial charge in [0.2, 0.25) is 10.0 Å². The maximum absolute atomic E-state index is 12.4. The summed E-state index contributed by atoms with van der Waals surface area (Å²) in [7, 11) is 0.552. The molecular weight excluding hydrogens is 294 g/mol. The first-order chi connectivity index (χ1) is 9.38. The lowest BCUT2D eigenvalue weighted by Gasteiger charge is -2.11. The van der Waals surface area contributed by atoms with Crippen LogP contribution in [0.2, 0.25) is 0 Å². The molecule has 0 aliphatic carbocycles. The monoisotopic (exact) mass is 319 g/mol. The van der Waals surface area contributed by atoms with E-state index in [2.05, 4.69) is 10.0 Å². The van der Waals surface area contributed by atoms with Crippen molar-refractivity contribution >= 4 is 21.4 Å². The minimum atomic E-state index is -3.40. The first kappa shape index (κ1) is 17.6. The number of hydrogen-bond donors (Lipinski definition) is 2. The van der Waals surface area contributed by atoms with Crippen LogP contribution < -0.4 is 10.0 Å². The van der Waals surface area contributed by atoms with Gasteiger partial charge in [-0.15, -0.1) is 11.3 Å². The minimum Gasteiger partial charge on any atom is -0.312 e. The van der Waals surface area contributed by atoms with Gasteiger partial charge in [-0.05, 0) is 51.5 Å². The van der Waals surface area contributed by atoms with Crippen LogP contribution in [0.4, 0.5) is 0 Å². The highest BCUT2D eigenvalue weighted by molar-refractivity contribution is 7.89. The molecule has 0 spiro atoms. The highest BCUT2D eigenvalue weighted by atomic mass is 32.2. The van der Waals surface area contributed by atoms with Crippen molar-refractivity contribution in [2.24, 2.45) is 0 Å². The fourth-order valence-electron chi connectivity index (χ4n) is 1.88. The summed E-state index contributed by atoms with van der Waals surface area (Å²) >= 11 is 1.50. The van der Waals surface area contributed by atoms with Crippen LogP contribution in [-0.4, -0.2) is 47.0 Å². The Labute approximate surface area is 126 Å². The molecule has 116 valence electrons. The minimum absolute atomic E-state index is 0.452. The lowest BCUT2D eigenvalue weighted by molar-refractivity contribution is 0.400. The lowest BCUT2D eigenvalue weighted by Crippen LogP contribution is -2.28. The topological polar surface area (TPSA) is 61.4 Å². The van der Waals surface area contributed by atoms with Gasteiger partial charge in [-0.1, -0.05) is 6.92 Å². The Balaban J connectivity index is 2.73. The molecule has 0 fully saturated rings. The van der Waals surface area contributed by atoms with Crippen molar-refractivity contribution in [3.63, 3.8) is 0 Å². The van der Waals surface area contributed by atoms with Gasteiger partial charge in [0.1, 0.15) is 4.90 Å². The molecule has 1 rings (SSSR count). The van der Waals surface area contributed by atoms with Crippen molar-refractivity contribution in [3.8, 4) is 0 Å². The summed E-state index contributed by atoms with van der Waals surface area (Å²) in [5, 5.41) is 5.09. The molecule has 0 aromatic carbocycles. The van der Waals surface area contributed by atoms with E-state index < -0.39 is 10.0 Å². The van der Waals surface area contributed by atoms with E-state index in [0.717, 1.165) is 30.0 Å². The zero-order chi connectivity index (χ0) is 15.2. The van der Waals surface area contributed by atoms with E-state index in [4.69, 9.17) is 0 Å². The molecular formula is C13H25N3O2S2. The highest BCUT2D eigenvalue weighted by Gasteiger charge is 2.22. The van der Waals surface area contributed by atoms with Crippen LogP contribution in [0, 0.1) is 6.92 Å². The maximum atomic E-state index is 12.4. The third-order valence-corrected chi connectivity index (χ3v) is 5.79. The van der Waals surface area contributed by atoms with E-state index in [1.165, 1.54) is 11.3 Å². The lowest BCUT2D eigenvalue weighted by atomic mass is 10.3. The zero-order valence-corrected chi connectivity index (χ0v) is 14.3. The molecule has 0 saturated heterocycles. The molecule has 0 aliphatic heterocycles. The average molecular weight is 319 g/mol. The van der Waals surface area contributed by atoms with E-state index in [9.17, 15) is 8.42 Å². The first-order valence-electron chi connectivity index (χ1n) is 6.80. The summed E-state index contributed by atoms with van der Waals surface area (Å²) in [5.41, 5.74) is 0.822. The summed E-state index contributed by atoms with van der Waals surface area (Å²) < 4.78 is 27.5. The second-order valence-electron chi connectivity index (χ2n) is 5.01. The number of aryl methyl sites for hydroxylation is 1. The Hall–Kier alpha value is -0.470. The van der Waals surface area contributed by atoms with Gasteiger partial charge in [-0.3, -0.25) is 0 Å². The van der Waals surface area contributed by atoms with Crippen LogP contribution in [0.15, 0.2) is 10.3 Å². The normalized spacial score (nSPS) is 12.2. The first-order valence-corrected chi connectivity index (χ1v) is 9.16. The van der Waals surface area contributed by atoms with Crippen LogP contribution in [0.5, 0.6) is 0 Å². The van der Waals surface area contributed by atoms with Crippen LogP contribution >= 0.6 is 11.3 Å². The molecule has 0 unspecified atom stereocenters. The fourth-order valence-corrected chi connectivity index (χ4v) is 4.73. The van der Waals surface area contributed by atoms with Crippen molar-refractivity contribution < 1.29 is 8.42 Å². The van der Waals surface area contributed by atoms with Gasteiger partial charge in [-0.2, -0.15) is 0 Å². The zero-order valence-electron chi connectivity index (χ0n) is 12.7. The third-order valence-electron chi connectivity index (χ3n) is 2.87. The van der Waals surface area contributed by atoms with Crippen molar-refractivity contribution in [1.29, 1.82) is 0 Å². The Kier molecular flexibility index (Phi) is 7.11. The van der Waals surface area contributed by atoms with Crippen LogP contribution in [-0.2, 0) is 16.6 Å². The number of thiophene rings is 1. The van der Waals surface area contributed by atoms with Gasteiger partial charge in [-0.25, -0.2) is 13.1 Å². The van der Waals surface area contributed by atoms with Crippen LogP contribution in [0.1, 0.15) is 23.8 Å². The van der Waals surface area contributed by atoms with E-state index in [1.54, 1.807) is 0 Å². The maximum Gasteiger partial charge on any atom is 0.241 e. The number of hydrogen-bond acceptors (Lipinski definition) is 5. The van der Waals surface area contributed by atoms with Crippen molar-refractivity contribution in [2.75, 3.05) is 33.7 Å². The van der Waals surface area contributed by atoms with Crippen LogP contribution in [0.3, 0.4) is 0 Å². The predicted octanol–water partition coefficient (Wildman–Crippen LogP) is 1.40. The molecule has 0 bridgehead atoms. The average Bonchev–Trinajstić information content (AvgIpc) is 2.74. The molecule has 7 heteroatoms. The summed E-state index contributed by atoms with van der Waals surface area (Å²) in [5.74, 6) is 0. The Morgan fingerprint density at radius 1 is 1.35 bits per heavy atom. The summed E-state index contributed by atoms with van der Waals surface area (Å²) in [6.07, 6.45) is 0.804. The Morgan fingerprint density at radius 2 is 2.05 bits per heavy atom. The van der Waals surface area contributed by atoms with E-state index in [-0.39, 0.29) is 0 Å². The van der Waals surface area contributed by atoms with Gasteiger partial charge in [0.25, 0.3) is 0 Å². The molecule has 0 radical (unpaired) electrons. The van der Waals surface area contributed by atoms with Crippen molar-refractivity contribution in [3.05, 3.63) is 15.8 Å². The van der Waals surface area contributed by atoms with E-state index in [0.29, 0.717) is 18.0 Å². The molecule has 0 amide bonds. The van der Waals surface area contributed by atoms with Gasteiger partial charge < -0.3 is 10.2 Å². The quantitative estimate of drug-likeness (QED) is 0.675. The third kappa shape index (κ3) is 5.14. The second kappa shape index (κ2) is 8.09. The number of nitrogens with one attached hydrogen (secondary N) is 2. The van der Waals surface area contributed by atoms with Gasteiger partial charge >= 0.3 is 0 Å². The van der Waals surface area contributed by atoms with Crippen molar-refractivity contribution in [1.82, 2.24) is 14.9 Å². The molecule has 20 heavy (non-hydrogen) atoms. The molecule has 1 aromatic rings. The Morgan fingerprint density at radius 3 is 2.65 bits per heavy atom. The molecule has 1 heterocycles. The standard InChI is InChI=1S/C13H25N3O2S2/c1-5-14-9-12-13(11(2)10-19-12)20(17,18)15-7-6-8-16(3)4/h10,14-15H,5-9H2,1-4H3. The summed E-state index contributed by atoms with van der Waals surface area (Å²) in [4.78, 5) is 3.37. The smallest absolute Gasteiger partial charge is 0.241 e. The Bertz CT molecular complexity index is 510. The van der Waals surface area contributed by atoms with Gasteiger partial charge in [0, 0.05) is 18.0 Å². The van der Waals surface area contributed by atoms with E-state index >= 15 is 0 Å². The summed E-state index contributed by atoms with van der Waals surface area (Å²) in [6.45, 7) is 6.62. The largest absolute Gasteiger partial charge is 0.312 e. The van der Waals surface area contributed by atoms with Crippen LogP contribution in [0.25, 0.3) is 0 Å². The molecule has 2 N–H and O–H groups in total. The van der Waals surface area contributed by atoms with Gasteiger partial charge in [0.05, 0.1) is 0 Å². The number of rotatable bonds is 9. The number of nitrogens with zero attached hydrogens (tertiary/aromatic N) is 1. The fraction of sp³-hybridized carbons (Fsp3) is 0.692. The predicted molar refractivity (Wildman–Crippen MR) is 84.8 cm³/mol. The SMILES string of the molecule is CCNCc1scc(C)c1S(=O)(=O)NCCCN(C)C. The second-order valence-corrected chi connectivity index (χ2v) is 7.67.